The molecule has 0 aliphatic heterocycles. The van der Waals surface area contributed by atoms with Crippen molar-refractivity contribution in [2.75, 3.05) is 19.0 Å². The Morgan fingerprint density at radius 2 is 2.25 bits per heavy atom. The number of esters is 1. The van der Waals surface area contributed by atoms with Gasteiger partial charge in [0.1, 0.15) is 17.7 Å². The van der Waals surface area contributed by atoms with E-state index in [0.29, 0.717) is 11.6 Å². The van der Waals surface area contributed by atoms with Gasteiger partial charge in [-0.1, -0.05) is 0 Å². The molecule has 1 aromatic heterocycles. The van der Waals surface area contributed by atoms with Crippen LogP contribution in [0.3, 0.4) is 0 Å². The third kappa shape index (κ3) is 3.16. The molecule has 0 amide bonds. The fraction of sp³-hybridized carbons (Fsp3) is 0.500. The minimum Gasteiger partial charge on any atom is -0.467 e. The largest absolute Gasteiger partial charge is 0.467 e. The second kappa shape index (κ2) is 5.41. The molecule has 0 aliphatic rings. The second-order valence-corrected chi connectivity index (χ2v) is 3.34. The molecule has 88 valence electrons. The molecule has 6 nitrogen and oxygen atoms in total. The van der Waals surface area contributed by atoms with Crippen LogP contribution in [0.2, 0.25) is 0 Å². The number of methoxy groups -OCH3 is 1. The molecule has 16 heavy (non-hydrogen) atoms. The van der Waals surface area contributed by atoms with Gasteiger partial charge in [0.2, 0.25) is 0 Å². The molecule has 0 aliphatic carbocycles. The van der Waals surface area contributed by atoms with Gasteiger partial charge in [-0.3, -0.25) is 0 Å². The third-order valence-corrected chi connectivity index (χ3v) is 1.96. The SMILES string of the molecule is COC(=O)C(CO)Nc1cc(C)nc(C)n1. The van der Waals surface area contributed by atoms with E-state index in [0.717, 1.165) is 5.69 Å². The summed E-state index contributed by atoms with van der Waals surface area (Å²) in [4.78, 5) is 19.4. The Morgan fingerprint density at radius 1 is 1.56 bits per heavy atom. The monoisotopic (exact) mass is 225 g/mol. The van der Waals surface area contributed by atoms with Crippen LogP contribution in [-0.4, -0.2) is 40.8 Å². The summed E-state index contributed by atoms with van der Waals surface area (Å²) in [7, 11) is 1.27. The number of hydrogen-bond donors (Lipinski definition) is 2. The Kier molecular flexibility index (Phi) is 4.19. The topological polar surface area (TPSA) is 84.3 Å². The molecule has 6 heteroatoms. The van der Waals surface area contributed by atoms with Crippen molar-refractivity contribution in [3.63, 3.8) is 0 Å². The highest BCUT2D eigenvalue weighted by molar-refractivity contribution is 5.78. The summed E-state index contributed by atoms with van der Waals surface area (Å²) < 4.78 is 4.53. The van der Waals surface area contributed by atoms with E-state index in [1.807, 2.05) is 6.92 Å². The molecule has 0 fully saturated rings. The van der Waals surface area contributed by atoms with Crippen molar-refractivity contribution in [1.29, 1.82) is 0 Å². The van der Waals surface area contributed by atoms with E-state index in [-0.39, 0.29) is 6.61 Å². The fourth-order valence-corrected chi connectivity index (χ4v) is 1.29. The van der Waals surface area contributed by atoms with Crippen molar-refractivity contribution in [1.82, 2.24) is 9.97 Å². The minimum absolute atomic E-state index is 0.352. The first-order chi connectivity index (χ1) is 7.56. The molecule has 0 saturated carbocycles. The molecule has 0 bridgehead atoms. The predicted molar refractivity (Wildman–Crippen MR) is 58.0 cm³/mol. The van der Waals surface area contributed by atoms with Crippen molar-refractivity contribution >= 4 is 11.8 Å². The average molecular weight is 225 g/mol. The van der Waals surface area contributed by atoms with Crippen molar-refractivity contribution < 1.29 is 14.6 Å². The van der Waals surface area contributed by atoms with Gasteiger partial charge in [-0.25, -0.2) is 14.8 Å². The van der Waals surface area contributed by atoms with Gasteiger partial charge in [-0.2, -0.15) is 0 Å². The Hall–Kier alpha value is -1.69. The molecular formula is C10H15N3O3. The molecule has 1 rings (SSSR count). The number of carbonyl (C=O) groups is 1. The normalized spacial score (nSPS) is 12.0. The molecule has 1 atom stereocenters. The molecule has 0 saturated heterocycles. The standard InChI is InChI=1S/C10H15N3O3/c1-6-4-9(12-7(2)11-6)13-8(5-14)10(15)16-3/h4,8,14H,5H2,1-3H3,(H,11,12,13). The smallest absolute Gasteiger partial charge is 0.330 e. The van der Waals surface area contributed by atoms with Crippen LogP contribution < -0.4 is 5.32 Å². The number of aryl methyl sites for hydroxylation is 2. The van der Waals surface area contributed by atoms with E-state index in [1.165, 1.54) is 7.11 Å². The molecule has 0 radical (unpaired) electrons. The molecule has 1 aromatic rings. The van der Waals surface area contributed by atoms with E-state index in [9.17, 15) is 4.79 Å². The third-order valence-electron chi connectivity index (χ3n) is 1.96. The predicted octanol–water partition coefficient (Wildman–Crippen LogP) is 0.0392. The molecule has 1 heterocycles. The first-order valence-corrected chi connectivity index (χ1v) is 4.84. The Balaban J connectivity index is 2.81. The number of anilines is 1. The van der Waals surface area contributed by atoms with Crippen molar-refractivity contribution in [2.45, 2.75) is 19.9 Å². The van der Waals surface area contributed by atoms with Crippen LogP contribution in [0, 0.1) is 13.8 Å². The van der Waals surface area contributed by atoms with Gasteiger partial charge in [0.15, 0.2) is 0 Å². The van der Waals surface area contributed by atoms with Crippen LogP contribution >= 0.6 is 0 Å². The number of nitrogens with one attached hydrogen (secondary N) is 1. The van der Waals surface area contributed by atoms with Crippen LogP contribution in [0.25, 0.3) is 0 Å². The molecule has 1 unspecified atom stereocenters. The fourth-order valence-electron chi connectivity index (χ4n) is 1.29. The van der Waals surface area contributed by atoms with Crippen LogP contribution in [0.15, 0.2) is 6.07 Å². The Bertz CT molecular complexity index is 361. The van der Waals surface area contributed by atoms with Crippen LogP contribution in [-0.2, 0) is 9.53 Å². The van der Waals surface area contributed by atoms with Gasteiger partial charge >= 0.3 is 5.97 Å². The summed E-state index contributed by atoms with van der Waals surface area (Å²) in [6, 6.07) is 0.886. The number of nitrogens with zero attached hydrogens (tertiary/aromatic N) is 2. The van der Waals surface area contributed by atoms with Gasteiger partial charge in [0.25, 0.3) is 0 Å². The van der Waals surface area contributed by atoms with Crippen LogP contribution in [0.5, 0.6) is 0 Å². The summed E-state index contributed by atoms with van der Waals surface area (Å²) in [6.45, 7) is 3.23. The quantitative estimate of drug-likeness (QED) is 0.704. The zero-order valence-corrected chi connectivity index (χ0v) is 9.52. The van der Waals surface area contributed by atoms with E-state index in [2.05, 4.69) is 20.0 Å². The van der Waals surface area contributed by atoms with Gasteiger partial charge in [0.05, 0.1) is 13.7 Å². The highest BCUT2D eigenvalue weighted by Gasteiger charge is 2.18. The number of aliphatic hydroxyl groups excluding tert-OH is 1. The Morgan fingerprint density at radius 3 is 2.75 bits per heavy atom. The first-order valence-electron chi connectivity index (χ1n) is 4.84. The lowest BCUT2D eigenvalue weighted by atomic mass is 10.3. The number of hydrogen-bond acceptors (Lipinski definition) is 6. The first kappa shape index (κ1) is 12.4. The minimum atomic E-state index is -0.807. The van der Waals surface area contributed by atoms with Gasteiger partial charge in [-0.05, 0) is 13.8 Å². The van der Waals surface area contributed by atoms with Crippen LogP contribution in [0.1, 0.15) is 11.5 Å². The number of carbonyl (C=O) groups excluding carboxylic acids is 1. The molecule has 2 N–H and O–H groups in total. The number of ether oxygens (including phenoxy) is 1. The molecule has 0 aromatic carbocycles. The summed E-state index contributed by atoms with van der Waals surface area (Å²) >= 11 is 0. The molecular weight excluding hydrogens is 210 g/mol. The van der Waals surface area contributed by atoms with Crippen LogP contribution in [0.4, 0.5) is 5.82 Å². The lowest BCUT2D eigenvalue weighted by molar-refractivity contribution is -0.142. The second-order valence-electron chi connectivity index (χ2n) is 3.34. The zero-order valence-electron chi connectivity index (χ0n) is 9.52. The maximum absolute atomic E-state index is 11.2. The van der Waals surface area contributed by atoms with E-state index < -0.39 is 12.0 Å². The van der Waals surface area contributed by atoms with Crippen molar-refractivity contribution in [3.05, 3.63) is 17.6 Å². The lowest BCUT2D eigenvalue weighted by Gasteiger charge is -2.14. The summed E-state index contributed by atoms with van der Waals surface area (Å²) in [5.74, 6) is 0.565. The van der Waals surface area contributed by atoms with E-state index in [4.69, 9.17) is 5.11 Å². The zero-order chi connectivity index (χ0) is 12.1. The van der Waals surface area contributed by atoms with Gasteiger partial charge in [-0.15, -0.1) is 0 Å². The Labute approximate surface area is 93.7 Å². The molecule has 0 spiro atoms. The van der Waals surface area contributed by atoms with Gasteiger partial charge in [0, 0.05) is 11.8 Å². The number of aliphatic hydroxyl groups is 1. The van der Waals surface area contributed by atoms with E-state index >= 15 is 0 Å². The summed E-state index contributed by atoms with van der Waals surface area (Å²) in [5.41, 5.74) is 0.788. The van der Waals surface area contributed by atoms with E-state index in [1.54, 1.807) is 13.0 Å². The number of rotatable bonds is 4. The van der Waals surface area contributed by atoms with Gasteiger partial charge < -0.3 is 15.2 Å². The summed E-state index contributed by atoms with van der Waals surface area (Å²) in [5, 5.41) is 11.8. The maximum Gasteiger partial charge on any atom is 0.330 e. The highest BCUT2D eigenvalue weighted by atomic mass is 16.5. The summed E-state index contributed by atoms with van der Waals surface area (Å²) in [6.07, 6.45) is 0. The average Bonchev–Trinajstić information content (AvgIpc) is 2.23. The number of aromatic nitrogens is 2. The van der Waals surface area contributed by atoms with Crippen molar-refractivity contribution in [3.8, 4) is 0 Å². The van der Waals surface area contributed by atoms with Crippen molar-refractivity contribution in [2.24, 2.45) is 0 Å². The maximum atomic E-state index is 11.2. The lowest BCUT2D eigenvalue weighted by Crippen LogP contribution is -2.34. The highest BCUT2D eigenvalue weighted by Crippen LogP contribution is 2.07.